The first-order valence-electron chi connectivity index (χ1n) is 11.4. The molecule has 1 atom stereocenters. The van der Waals surface area contributed by atoms with Gasteiger partial charge in [0.15, 0.2) is 0 Å². The molecule has 4 rings (SSSR count). The van der Waals surface area contributed by atoms with Crippen molar-refractivity contribution in [2.75, 3.05) is 0 Å². The fourth-order valence-electron chi connectivity index (χ4n) is 4.36. The molecule has 1 heterocycles. The van der Waals surface area contributed by atoms with Crippen LogP contribution in [0.5, 0.6) is 0 Å². The summed E-state index contributed by atoms with van der Waals surface area (Å²) < 4.78 is 38.4. The highest BCUT2D eigenvalue weighted by Gasteiger charge is 2.21. The minimum Gasteiger partial charge on any atom is -0.411 e. The maximum atomic E-state index is 13.9. The standard InChI is InChI=1S/C28H26FN3O4S/c1-18-15-23(29)10-13-25(18)26(16-27(31-34)22-9-14-28(33)32(2)17-22)21-5-3-19(4-6-21)20-7-11-24(12-8-20)37(30,35)36/h3-15,17,26,34H,16H2,1-2H3,(H2,30,35,36)/b31-27+. The summed E-state index contributed by atoms with van der Waals surface area (Å²) in [5.74, 6) is -0.616. The van der Waals surface area contributed by atoms with Crippen LogP contribution in [0.25, 0.3) is 11.1 Å². The monoisotopic (exact) mass is 519 g/mol. The molecule has 0 aliphatic rings. The van der Waals surface area contributed by atoms with Crippen molar-refractivity contribution in [3.05, 3.63) is 123 Å². The Kier molecular flexibility index (Phi) is 7.37. The van der Waals surface area contributed by atoms with Crippen LogP contribution in [0.4, 0.5) is 4.39 Å². The Morgan fingerprint density at radius 2 is 1.62 bits per heavy atom. The average molecular weight is 520 g/mol. The lowest BCUT2D eigenvalue weighted by Gasteiger charge is -2.21. The van der Waals surface area contributed by atoms with Crippen molar-refractivity contribution in [1.82, 2.24) is 4.57 Å². The molecule has 0 bridgehead atoms. The molecule has 0 radical (unpaired) electrons. The van der Waals surface area contributed by atoms with Gasteiger partial charge >= 0.3 is 0 Å². The average Bonchev–Trinajstić information content (AvgIpc) is 2.87. The van der Waals surface area contributed by atoms with Crippen LogP contribution >= 0.6 is 0 Å². The third-order valence-electron chi connectivity index (χ3n) is 6.37. The first kappa shape index (κ1) is 26.0. The maximum Gasteiger partial charge on any atom is 0.250 e. The number of aromatic nitrogens is 1. The van der Waals surface area contributed by atoms with Crippen LogP contribution in [-0.2, 0) is 17.1 Å². The number of oxime groups is 1. The zero-order chi connectivity index (χ0) is 26.7. The highest BCUT2D eigenvalue weighted by molar-refractivity contribution is 7.89. The van der Waals surface area contributed by atoms with Gasteiger partial charge in [0.1, 0.15) is 5.82 Å². The van der Waals surface area contributed by atoms with E-state index in [2.05, 4.69) is 5.16 Å². The van der Waals surface area contributed by atoms with Gasteiger partial charge in [-0.15, -0.1) is 0 Å². The molecule has 0 aliphatic carbocycles. The number of primary sulfonamides is 1. The van der Waals surface area contributed by atoms with Crippen molar-refractivity contribution >= 4 is 15.7 Å². The molecule has 0 saturated carbocycles. The van der Waals surface area contributed by atoms with Crippen molar-refractivity contribution in [1.29, 1.82) is 0 Å². The molecular formula is C28H26FN3O4S. The summed E-state index contributed by atoms with van der Waals surface area (Å²) in [4.78, 5) is 11.9. The van der Waals surface area contributed by atoms with Gasteiger partial charge in [0.25, 0.3) is 0 Å². The summed E-state index contributed by atoms with van der Waals surface area (Å²) >= 11 is 0. The first-order chi connectivity index (χ1) is 17.6. The van der Waals surface area contributed by atoms with Crippen molar-refractivity contribution < 1.29 is 18.0 Å². The van der Waals surface area contributed by atoms with Crippen LogP contribution in [0.15, 0.2) is 99.9 Å². The first-order valence-corrected chi connectivity index (χ1v) is 13.0. The van der Waals surface area contributed by atoms with Crippen molar-refractivity contribution in [3.8, 4) is 11.1 Å². The van der Waals surface area contributed by atoms with Gasteiger partial charge in [-0.05, 0) is 65.1 Å². The van der Waals surface area contributed by atoms with E-state index in [4.69, 9.17) is 5.14 Å². The number of hydrogen-bond donors (Lipinski definition) is 2. The number of nitrogens with zero attached hydrogens (tertiary/aromatic N) is 2. The predicted molar refractivity (Wildman–Crippen MR) is 141 cm³/mol. The van der Waals surface area contributed by atoms with E-state index in [1.807, 2.05) is 31.2 Å². The normalized spacial score (nSPS) is 12.9. The molecule has 190 valence electrons. The number of aryl methyl sites for hydroxylation is 2. The topological polar surface area (TPSA) is 115 Å². The lowest BCUT2D eigenvalue weighted by atomic mass is 9.83. The Bertz CT molecular complexity index is 1630. The van der Waals surface area contributed by atoms with Gasteiger partial charge in [-0.2, -0.15) is 0 Å². The van der Waals surface area contributed by atoms with Crippen LogP contribution in [0, 0.1) is 12.7 Å². The van der Waals surface area contributed by atoms with Gasteiger partial charge < -0.3 is 9.77 Å². The Labute approximate surface area is 214 Å². The Balaban J connectivity index is 1.72. The van der Waals surface area contributed by atoms with Crippen molar-refractivity contribution in [2.24, 2.45) is 17.3 Å². The van der Waals surface area contributed by atoms with Gasteiger partial charge in [0.05, 0.1) is 10.6 Å². The Morgan fingerprint density at radius 3 is 2.16 bits per heavy atom. The molecule has 0 amide bonds. The van der Waals surface area contributed by atoms with E-state index in [-0.39, 0.29) is 22.2 Å². The second-order valence-corrected chi connectivity index (χ2v) is 10.4. The van der Waals surface area contributed by atoms with Gasteiger partial charge in [-0.25, -0.2) is 17.9 Å². The van der Waals surface area contributed by atoms with E-state index in [0.717, 1.165) is 27.8 Å². The molecule has 0 fully saturated rings. The summed E-state index contributed by atoms with van der Waals surface area (Å²) in [5.41, 5.74) is 5.02. The molecule has 9 heteroatoms. The molecule has 0 spiro atoms. The van der Waals surface area contributed by atoms with Gasteiger partial charge in [0, 0.05) is 37.2 Å². The summed E-state index contributed by atoms with van der Waals surface area (Å²) in [6, 6.07) is 21.6. The zero-order valence-electron chi connectivity index (χ0n) is 20.3. The Hall–Kier alpha value is -4.08. The van der Waals surface area contributed by atoms with Gasteiger partial charge in [0.2, 0.25) is 15.6 Å². The van der Waals surface area contributed by atoms with Crippen LogP contribution in [0.3, 0.4) is 0 Å². The smallest absolute Gasteiger partial charge is 0.250 e. The summed E-state index contributed by atoms with van der Waals surface area (Å²) in [5, 5.41) is 18.6. The molecule has 37 heavy (non-hydrogen) atoms. The molecule has 3 N–H and O–H groups in total. The number of rotatable bonds is 7. The van der Waals surface area contributed by atoms with Crippen molar-refractivity contribution in [3.63, 3.8) is 0 Å². The van der Waals surface area contributed by atoms with E-state index >= 15 is 0 Å². The summed E-state index contributed by atoms with van der Waals surface area (Å²) in [6.45, 7) is 1.83. The fourth-order valence-corrected chi connectivity index (χ4v) is 4.87. The maximum absolute atomic E-state index is 13.9. The minimum atomic E-state index is -3.78. The lowest BCUT2D eigenvalue weighted by molar-refractivity contribution is 0.317. The van der Waals surface area contributed by atoms with E-state index in [0.29, 0.717) is 17.7 Å². The lowest BCUT2D eigenvalue weighted by Crippen LogP contribution is -2.18. The number of hydrogen-bond acceptors (Lipinski definition) is 5. The second-order valence-electron chi connectivity index (χ2n) is 8.86. The molecule has 4 aromatic rings. The molecule has 1 unspecified atom stereocenters. The van der Waals surface area contributed by atoms with Crippen LogP contribution in [-0.4, -0.2) is 23.9 Å². The molecule has 7 nitrogen and oxygen atoms in total. The Morgan fingerprint density at radius 1 is 1.00 bits per heavy atom. The number of nitrogens with two attached hydrogens (primary N) is 1. The summed E-state index contributed by atoms with van der Waals surface area (Å²) in [6.07, 6.45) is 1.91. The quantitative estimate of drug-likeness (QED) is 0.212. The van der Waals surface area contributed by atoms with E-state index in [9.17, 15) is 22.8 Å². The second kappa shape index (κ2) is 10.5. The molecule has 0 aliphatic heterocycles. The number of halogens is 1. The third kappa shape index (κ3) is 5.84. The zero-order valence-corrected chi connectivity index (χ0v) is 21.1. The summed E-state index contributed by atoms with van der Waals surface area (Å²) in [7, 11) is -2.16. The van der Waals surface area contributed by atoms with Crippen molar-refractivity contribution in [2.45, 2.75) is 24.2 Å². The highest BCUT2D eigenvalue weighted by atomic mass is 32.2. The largest absolute Gasteiger partial charge is 0.411 e. The van der Waals surface area contributed by atoms with Crippen LogP contribution < -0.4 is 10.7 Å². The highest BCUT2D eigenvalue weighted by Crippen LogP contribution is 2.33. The number of benzene rings is 3. The van der Waals surface area contributed by atoms with Gasteiger partial charge in [-0.1, -0.05) is 47.6 Å². The number of pyridine rings is 1. The van der Waals surface area contributed by atoms with Crippen LogP contribution in [0.1, 0.15) is 34.6 Å². The van der Waals surface area contributed by atoms with E-state index < -0.39 is 10.0 Å². The predicted octanol–water partition coefficient (Wildman–Crippen LogP) is 4.55. The van der Waals surface area contributed by atoms with E-state index in [1.165, 1.54) is 34.9 Å². The molecule has 3 aromatic carbocycles. The molecular weight excluding hydrogens is 493 g/mol. The molecule has 1 aromatic heterocycles. The van der Waals surface area contributed by atoms with Crippen LogP contribution in [0.2, 0.25) is 0 Å². The molecule has 0 saturated heterocycles. The van der Waals surface area contributed by atoms with E-state index in [1.54, 1.807) is 37.5 Å². The van der Waals surface area contributed by atoms with Gasteiger partial charge in [-0.3, -0.25) is 4.79 Å². The third-order valence-corrected chi connectivity index (χ3v) is 7.30. The fraction of sp³-hybridized carbons (Fsp3) is 0.143. The number of sulfonamides is 1. The SMILES string of the molecule is Cc1cc(F)ccc1C(C/C(=N\O)c1ccc(=O)n(C)c1)c1ccc(-c2ccc(S(N)(=O)=O)cc2)cc1. The minimum absolute atomic E-state index is 0.0361.